The molecule has 0 fully saturated rings. The molecule has 0 aromatic heterocycles. The summed E-state index contributed by atoms with van der Waals surface area (Å²) in [6, 6.07) is 0. The zero-order valence-corrected chi connectivity index (χ0v) is 9.59. The molecule has 0 rings (SSSR count). The Morgan fingerprint density at radius 2 is 1.25 bits per heavy atom. The lowest BCUT2D eigenvalue weighted by molar-refractivity contribution is 0.223. The fraction of sp³-hybridized carbons (Fsp3) is 1.00. The second kappa shape index (κ2) is 8.78. The largest absolute Gasteiger partial charge is 0.391 e. The van der Waals surface area contributed by atoms with Crippen molar-refractivity contribution in [2.45, 2.75) is 12.2 Å². The van der Waals surface area contributed by atoms with Crippen molar-refractivity contribution < 1.29 is 10.2 Å². The number of hydrogen-bond donors (Lipinski definition) is 2. The third kappa shape index (κ3) is 7.83. The number of aliphatic hydroxyl groups is 2. The average Bonchev–Trinajstić information content (AvgIpc) is 2.11. The number of hydrogen-bond acceptors (Lipinski definition) is 4. The Morgan fingerprint density at radius 3 is 1.50 bits per heavy atom. The molecule has 0 heterocycles. The fourth-order valence-corrected chi connectivity index (χ4v) is 3.08. The molecule has 0 aliphatic heterocycles. The summed E-state index contributed by atoms with van der Waals surface area (Å²) in [5.41, 5.74) is 0. The molecule has 0 unspecified atom stereocenters. The lowest BCUT2D eigenvalue weighted by atomic mass is 10.5. The van der Waals surface area contributed by atoms with Crippen LogP contribution in [-0.2, 0) is 0 Å². The molecule has 0 bridgehead atoms. The summed E-state index contributed by atoms with van der Waals surface area (Å²) in [5, 5.41) is 18.1. The van der Waals surface area contributed by atoms with Crippen molar-refractivity contribution in [1.29, 1.82) is 0 Å². The van der Waals surface area contributed by atoms with Crippen LogP contribution in [0.1, 0.15) is 0 Å². The Kier molecular flexibility index (Phi) is 9.66. The Hall–Kier alpha value is 1.20. The molecule has 0 aromatic rings. The van der Waals surface area contributed by atoms with Gasteiger partial charge in [-0.15, -0.1) is 23.2 Å². The van der Waals surface area contributed by atoms with Gasteiger partial charge in [-0.1, -0.05) is 21.6 Å². The van der Waals surface area contributed by atoms with Crippen molar-refractivity contribution in [2.24, 2.45) is 0 Å². The first-order valence-corrected chi connectivity index (χ1v) is 6.99. The van der Waals surface area contributed by atoms with Crippen molar-refractivity contribution in [3.8, 4) is 0 Å². The highest BCUT2D eigenvalue weighted by atomic mass is 35.5. The van der Waals surface area contributed by atoms with Crippen LogP contribution in [-0.4, -0.2) is 45.7 Å². The van der Waals surface area contributed by atoms with Gasteiger partial charge in [-0.2, -0.15) is 0 Å². The van der Waals surface area contributed by atoms with Crippen molar-refractivity contribution in [3.05, 3.63) is 0 Å². The third-order valence-electron chi connectivity index (χ3n) is 0.960. The van der Waals surface area contributed by atoms with Gasteiger partial charge in [-0.05, 0) is 0 Å². The molecule has 0 aromatic carbocycles. The number of aliphatic hydroxyl groups excluding tert-OH is 2. The normalized spacial score (nSPS) is 16.0. The zero-order valence-electron chi connectivity index (χ0n) is 6.45. The summed E-state index contributed by atoms with van der Waals surface area (Å²) < 4.78 is 0. The molecule has 6 heteroatoms. The Labute approximate surface area is 90.4 Å². The van der Waals surface area contributed by atoms with E-state index in [9.17, 15) is 0 Å². The van der Waals surface area contributed by atoms with Crippen LogP contribution in [0.3, 0.4) is 0 Å². The van der Waals surface area contributed by atoms with Gasteiger partial charge >= 0.3 is 0 Å². The molecule has 12 heavy (non-hydrogen) atoms. The Balaban J connectivity index is 3.10. The quantitative estimate of drug-likeness (QED) is 0.409. The summed E-state index contributed by atoms with van der Waals surface area (Å²) in [4.78, 5) is 0. The summed E-state index contributed by atoms with van der Waals surface area (Å²) in [6.07, 6.45) is -0.922. The first-order valence-electron chi connectivity index (χ1n) is 3.43. The highest BCUT2D eigenvalue weighted by Gasteiger charge is 2.04. The van der Waals surface area contributed by atoms with Crippen LogP contribution in [0.25, 0.3) is 0 Å². The van der Waals surface area contributed by atoms with Gasteiger partial charge in [0.15, 0.2) is 0 Å². The molecule has 0 radical (unpaired) electrons. The first kappa shape index (κ1) is 13.2. The van der Waals surface area contributed by atoms with Crippen LogP contribution in [0.4, 0.5) is 0 Å². The highest BCUT2D eigenvalue weighted by Crippen LogP contribution is 2.23. The van der Waals surface area contributed by atoms with Gasteiger partial charge in [0.2, 0.25) is 0 Å². The molecule has 2 atom stereocenters. The first-order chi connectivity index (χ1) is 5.70. The van der Waals surface area contributed by atoms with E-state index in [4.69, 9.17) is 33.4 Å². The van der Waals surface area contributed by atoms with Gasteiger partial charge in [0.25, 0.3) is 0 Å². The molecule has 2 nitrogen and oxygen atoms in total. The van der Waals surface area contributed by atoms with Gasteiger partial charge in [-0.3, -0.25) is 0 Å². The minimum absolute atomic E-state index is 0.256. The van der Waals surface area contributed by atoms with E-state index in [0.717, 1.165) is 0 Å². The molecule has 2 N–H and O–H groups in total. The van der Waals surface area contributed by atoms with Crippen molar-refractivity contribution >= 4 is 44.8 Å². The second-order valence-electron chi connectivity index (χ2n) is 2.19. The zero-order chi connectivity index (χ0) is 9.40. The average molecular weight is 251 g/mol. The van der Waals surface area contributed by atoms with E-state index in [1.807, 2.05) is 0 Å². The van der Waals surface area contributed by atoms with E-state index in [1.165, 1.54) is 21.6 Å². The standard InChI is InChI=1S/C6H12Cl2O2S2/c7-1-5(9)3-11-12-4-6(10)2-8/h5-6,9-10H,1-4H2/t5-,6-/m0/s1. The number of halogens is 2. The SMILES string of the molecule is O[C@@H](CCl)CSSC[C@@H](O)CCl. The van der Waals surface area contributed by atoms with Crippen molar-refractivity contribution in [1.82, 2.24) is 0 Å². The van der Waals surface area contributed by atoms with Crippen LogP contribution in [0.2, 0.25) is 0 Å². The summed E-state index contributed by atoms with van der Waals surface area (Å²) in [6.45, 7) is 0. The maximum absolute atomic E-state index is 9.03. The molecular formula is C6H12Cl2O2S2. The summed E-state index contributed by atoms with van der Waals surface area (Å²) in [5.74, 6) is 1.68. The topological polar surface area (TPSA) is 40.5 Å². The third-order valence-corrected chi connectivity index (χ3v) is 4.20. The van der Waals surface area contributed by atoms with E-state index in [1.54, 1.807) is 0 Å². The lowest BCUT2D eigenvalue weighted by Crippen LogP contribution is -2.12. The van der Waals surface area contributed by atoms with Crippen molar-refractivity contribution in [3.63, 3.8) is 0 Å². The number of rotatable bonds is 7. The van der Waals surface area contributed by atoms with Crippen LogP contribution in [0, 0.1) is 0 Å². The molecule has 0 spiro atoms. The molecule has 74 valence electrons. The summed E-state index contributed by atoms with van der Waals surface area (Å²) >= 11 is 10.8. The summed E-state index contributed by atoms with van der Waals surface area (Å²) in [7, 11) is 2.99. The predicted molar refractivity (Wildman–Crippen MR) is 58.4 cm³/mol. The fourth-order valence-electron chi connectivity index (χ4n) is 0.342. The van der Waals surface area contributed by atoms with Gasteiger partial charge in [0.05, 0.1) is 12.2 Å². The number of alkyl halides is 2. The maximum atomic E-state index is 9.03. The van der Waals surface area contributed by atoms with Crippen LogP contribution in [0.15, 0.2) is 0 Å². The molecular weight excluding hydrogens is 239 g/mol. The van der Waals surface area contributed by atoms with E-state index >= 15 is 0 Å². The van der Waals surface area contributed by atoms with E-state index in [-0.39, 0.29) is 11.8 Å². The Morgan fingerprint density at radius 1 is 0.917 bits per heavy atom. The molecule has 0 saturated carbocycles. The predicted octanol–water partition coefficient (Wildman–Crippen LogP) is 1.57. The van der Waals surface area contributed by atoms with Crippen LogP contribution in [0.5, 0.6) is 0 Å². The lowest BCUT2D eigenvalue weighted by Gasteiger charge is -2.07. The van der Waals surface area contributed by atoms with Gasteiger partial charge in [0.1, 0.15) is 0 Å². The molecule has 0 aliphatic carbocycles. The second-order valence-corrected chi connectivity index (χ2v) is 5.35. The minimum atomic E-state index is -0.461. The van der Waals surface area contributed by atoms with Gasteiger partial charge < -0.3 is 10.2 Å². The van der Waals surface area contributed by atoms with Crippen LogP contribution < -0.4 is 0 Å². The van der Waals surface area contributed by atoms with E-state index in [0.29, 0.717) is 11.5 Å². The van der Waals surface area contributed by atoms with Gasteiger partial charge in [-0.25, -0.2) is 0 Å². The highest BCUT2D eigenvalue weighted by molar-refractivity contribution is 8.76. The monoisotopic (exact) mass is 250 g/mol. The molecule has 0 aliphatic rings. The van der Waals surface area contributed by atoms with Gasteiger partial charge in [0, 0.05) is 23.3 Å². The van der Waals surface area contributed by atoms with E-state index in [2.05, 4.69) is 0 Å². The smallest absolute Gasteiger partial charge is 0.0774 e. The minimum Gasteiger partial charge on any atom is -0.391 e. The van der Waals surface area contributed by atoms with Crippen LogP contribution >= 0.6 is 44.8 Å². The molecule has 0 amide bonds. The van der Waals surface area contributed by atoms with Crippen molar-refractivity contribution in [2.75, 3.05) is 23.3 Å². The molecule has 0 saturated heterocycles. The Bertz CT molecular complexity index is 95.5. The van der Waals surface area contributed by atoms with E-state index < -0.39 is 12.2 Å². The maximum Gasteiger partial charge on any atom is 0.0774 e.